The Bertz CT molecular complexity index is 1650. The summed E-state index contributed by atoms with van der Waals surface area (Å²) >= 11 is 2.61. The Balaban J connectivity index is 1.44. The van der Waals surface area contributed by atoms with Gasteiger partial charge in [-0.05, 0) is 38.3 Å². The van der Waals surface area contributed by atoms with Crippen LogP contribution < -0.4 is 10.6 Å². The Morgan fingerprint density at radius 2 is 1.71 bits per heavy atom. The third kappa shape index (κ3) is 6.22. The molecule has 2 saturated heterocycles. The molecule has 3 amide bonds. The van der Waals surface area contributed by atoms with Gasteiger partial charge in [-0.25, -0.2) is 9.59 Å². The van der Waals surface area contributed by atoms with Gasteiger partial charge in [-0.1, -0.05) is 72.0 Å². The summed E-state index contributed by atoms with van der Waals surface area (Å²) in [7, 11) is 0. The maximum absolute atomic E-state index is 14.4. The number of hydrogen-bond acceptors (Lipinski definition) is 10. The van der Waals surface area contributed by atoms with Crippen LogP contribution >= 0.6 is 23.1 Å². The van der Waals surface area contributed by atoms with Crippen molar-refractivity contribution in [2.45, 2.75) is 50.3 Å². The zero-order valence-corrected chi connectivity index (χ0v) is 26.4. The van der Waals surface area contributed by atoms with Crippen LogP contribution in [0.4, 0.5) is 4.79 Å². The smallest absolute Gasteiger partial charge is 0.408 e. The molecule has 2 fully saturated rings. The number of nitrogens with zero attached hydrogens (tertiary/aromatic N) is 3. The number of fused-ring (bicyclic) bond motifs is 1. The van der Waals surface area contributed by atoms with Gasteiger partial charge in [-0.3, -0.25) is 14.5 Å². The lowest BCUT2D eigenvalue weighted by Crippen LogP contribution is -2.70. The highest BCUT2D eigenvalue weighted by molar-refractivity contribution is 8.00. The van der Waals surface area contributed by atoms with E-state index in [1.807, 2.05) is 60.7 Å². The first-order chi connectivity index (χ1) is 21.6. The first-order valence-electron chi connectivity index (χ1n) is 14.4. The third-order valence-electron chi connectivity index (χ3n) is 7.38. The number of ether oxygens (including phenoxy) is 2. The largest absolute Gasteiger partial charge is 0.448 e. The lowest BCUT2D eigenvalue weighted by atomic mass is 9.94. The molecule has 0 bridgehead atoms. The summed E-state index contributed by atoms with van der Waals surface area (Å²) in [6.45, 7) is 5.64. The Morgan fingerprint density at radius 1 is 1.04 bits per heavy atom. The maximum atomic E-state index is 14.4. The fraction of sp³-hybridized carbons (Fsp3) is 0.312. The van der Waals surface area contributed by atoms with Crippen LogP contribution in [0.1, 0.15) is 49.4 Å². The summed E-state index contributed by atoms with van der Waals surface area (Å²) in [5.41, 5.74) is 3.69. The van der Waals surface area contributed by atoms with Gasteiger partial charge in [0.15, 0.2) is 6.10 Å². The molecular formula is C32H31N5O6S2. The van der Waals surface area contributed by atoms with Gasteiger partial charge in [-0.2, -0.15) is 0 Å². The average molecular weight is 646 g/mol. The van der Waals surface area contributed by atoms with E-state index in [1.54, 1.807) is 26.3 Å². The molecule has 0 aliphatic carbocycles. The summed E-state index contributed by atoms with van der Waals surface area (Å²) < 4.78 is 11.7. The number of carbonyl (C=O) groups is 4. The zero-order chi connectivity index (χ0) is 31.7. The number of benzene rings is 2. The minimum atomic E-state index is -0.916. The molecule has 2 N–H and O–H groups in total. The summed E-state index contributed by atoms with van der Waals surface area (Å²) in [6, 6.07) is 17.8. The minimum absolute atomic E-state index is 0.0141. The number of rotatable bonds is 7. The highest BCUT2D eigenvalue weighted by atomic mass is 32.2. The van der Waals surface area contributed by atoms with Crippen LogP contribution in [0.3, 0.4) is 0 Å². The van der Waals surface area contributed by atoms with Crippen molar-refractivity contribution in [1.82, 2.24) is 25.7 Å². The Labute approximate surface area is 268 Å². The van der Waals surface area contributed by atoms with Crippen molar-refractivity contribution in [2.75, 3.05) is 12.3 Å². The summed E-state index contributed by atoms with van der Waals surface area (Å²) in [5.74, 6) is -1.24. The SMILES string of the molecule is CC(C)(C)OC(=O)N[C@@H]1C(=O)N2C(C(=O)OC(c3ccccc3)c3ccccc3)=C(C(=C3CCNC3=O)c3nncs3)CS[C@H]12. The maximum Gasteiger partial charge on any atom is 0.408 e. The topological polar surface area (TPSA) is 140 Å². The fourth-order valence-electron chi connectivity index (χ4n) is 5.46. The molecule has 11 nitrogen and oxygen atoms in total. The summed E-state index contributed by atoms with van der Waals surface area (Å²) in [5, 5.41) is 13.6. The molecule has 2 atom stereocenters. The number of hydrogen-bond donors (Lipinski definition) is 2. The zero-order valence-electron chi connectivity index (χ0n) is 24.8. The first kappa shape index (κ1) is 30.5. The fourth-order valence-corrected chi connectivity index (χ4v) is 7.47. The van der Waals surface area contributed by atoms with E-state index in [2.05, 4.69) is 20.8 Å². The van der Waals surface area contributed by atoms with E-state index >= 15 is 0 Å². The van der Waals surface area contributed by atoms with Crippen LogP contribution in [0.2, 0.25) is 0 Å². The highest BCUT2D eigenvalue weighted by Gasteiger charge is 2.55. The molecular weight excluding hydrogens is 615 g/mol. The van der Waals surface area contributed by atoms with Crippen molar-refractivity contribution in [3.05, 3.63) is 99.2 Å². The van der Waals surface area contributed by atoms with E-state index in [9.17, 15) is 19.2 Å². The van der Waals surface area contributed by atoms with Crippen molar-refractivity contribution in [3.8, 4) is 0 Å². The minimum Gasteiger partial charge on any atom is -0.448 e. The van der Waals surface area contributed by atoms with Crippen molar-refractivity contribution in [2.24, 2.45) is 0 Å². The van der Waals surface area contributed by atoms with Crippen LogP contribution in [0.15, 0.2) is 83.0 Å². The van der Waals surface area contributed by atoms with Crippen LogP contribution in [0.25, 0.3) is 5.57 Å². The number of carbonyl (C=O) groups excluding carboxylic acids is 4. The van der Waals surface area contributed by atoms with Gasteiger partial charge < -0.3 is 20.1 Å². The number of aromatic nitrogens is 2. The van der Waals surface area contributed by atoms with Gasteiger partial charge in [0.05, 0.1) is 0 Å². The molecule has 3 aliphatic heterocycles. The van der Waals surface area contributed by atoms with Gasteiger partial charge in [0.2, 0.25) is 5.91 Å². The molecule has 1 aromatic heterocycles. The number of alkyl carbamates (subject to hydrolysis) is 1. The molecule has 0 spiro atoms. The van der Waals surface area contributed by atoms with Crippen LogP contribution in [-0.2, 0) is 23.9 Å². The molecule has 3 aliphatic rings. The number of esters is 1. The second kappa shape index (κ2) is 12.5. The normalized spacial score (nSPS) is 20.8. The quantitative estimate of drug-likeness (QED) is 0.220. The van der Waals surface area contributed by atoms with E-state index in [4.69, 9.17) is 9.47 Å². The van der Waals surface area contributed by atoms with Crippen molar-refractivity contribution < 1.29 is 28.7 Å². The lowest BCUT2D eigenvalue weighted by molar-refractivity contribution is -0.153. The third-order valence-corrected chi connectivity index (χ3v) is 9.36. The molecule has 0 unspecified atom stereocenters. The van der Waals surface area contributed by atoms with Gasteiger partial charge in [0.25, 0.3) is 5.91 Å². The van der Waals surface area contributed by atoms with Gasteiger partial charge >= 0.3 is 12.1 Å². The second-order valence-electron chi connectivity index (χ2n) is 11.6. The van der Waals surface area contributed by atoms with Crippen LogP contribution in [-0.4, -0.2) is 68.3 Å². The van der Waals surface area contributed by atoms with Gasteiger partial charge in [0.1, 0.15) is 33.2 Å². The molecule has 13 heteroatoms. The molecule has 0 radical (unpaired) electrons. The molecule has 0 saturated carbocycles. The average Bonchev–Trinajstić information content (AvgIpc) is 3.71. The Kier molecular flexibility index (Phi) is 8.47. The summed E-state index contributed by atoms with van der Waals surface area (Å²) in [6.07, 6.45) is -1.09. The highest BCUT2D eigenvalue weighted by Crippen LogP contribution is 2.46. The van der Waals surface area contributed by atoms with Gasteiger partial charge in [-0.15, -0.1) is 22.0 Å². The Morgan fingerprint density at radius 3 is 2.27 bits per heavy atom. The summed E-state index contributed by atoms with van der Waals surface area (Å²) in [4.78, 5) is 55.2. The van der Waals surface area contributed by atoms with E-state index in [0.717, 1.165) is 11.1 Å². The van der Waals surface area contributed by atoms with E-state index < -0.39 is 41.1 Å². The van der Waals surface area contributed by atoms with E-state index in [-0.39, 0.29) is 17.4 Å². The predicted octanol–water partition coefficient (Wildman–Crippen LogP) is 4.21. The number of amides is 3. The monoisotopic (exact) mass is 645 g/mol. The van der Waals surface area contributed by atoms with Crippen LogP contribution in [0, 0.1) is 0 Å². The molecule has 4 heterocycles. The molecule has 3 aromatic rings. The van der Waals surface area contributed by atoms with Crippen molar-refractivity contribution in [3.63, 3.8) is 0 Å². The first-order valence-corrected chi connectivity index (χ1v) is 16.3. The lowest BCUT2D eigenvalue weighted by Gasteiger charge is -2.50. The molecule has 45 heavy (non-hydrogen) atoms. The van der Waals surface area contributed by atoms with E-state index in [0.29, 0.717) is 34.7 Å². The number of nitrogens with one attached hydrogen (secondary N) is 2. The molecule has 232 valence electrons. The Hall–Kier alpha value is -4.49. The number of β-lactam (4-membered cyclic amide) rings is 1. The molecule has 6 rings (SSSR count). The standard InChI is InChI=1S/C32H31N5O6S2/c1-32(2,3)43-31(41)35-23-28(39)37-24(30(40)42-25(18-10-6-4-7-11-18)19-12-8-5-9-13-19)21(16-44-29(23)37)22(27-36-34-17-45-27)20-14-15-33-26(20)38/h4-13,17,23,25,29H,14-16H2,1-3H3,(H,33,38)(H,35,41)/t23-,29-/m1/s1. The second-order valence-corrected chi connectivity index (χ2v) is 13.5. The number of thioether (sulfide) groups is 1. The predicted molar refractivity (Wildman–Crippen MR) is 169 cm³/mol. The van der Waals surface area contributed by atoms with Crippen molar-refractivity contribution >= 4 is 52.5 Å². The van der Waals surface area contributed by atoms with E-state index in [1.165, 1.54) is 28.0 Å². The van der Waals surface area contributed by atoms with Crippen LogP contribution in [0.5, 0.6) is 0 Å². The number of allylic oxidation sites excluding steroid dienone is 1. The van der Waals surface area contributed by atoms with Crippen molar-refractivity contribution in [1.29, 1.82) is 0 Å². The van der Waals surface area contributed by atoms with Gasteiger partial charge in [0, 0.05) is 29.0 Å². The molecule has 2 aromatic carbocycles.